The molecule has 2 rings (SSSR count). The number of aliphatic hydroxyl groups excluding tert-OH is 1. The van der Waals surface area contributed by atoms with Gasteiger partial charge < -0.3 is 15.3 Å². The van der Waals surface area contributed by atoms with Crippen molar-refractivity contribution >= 4 is 29.9 Å². The number of hydrogen-bond donors (Lipinski definition) is 2. The molecule has 1 aromatic rings. The van der Waals surface area contributed by atoms with E-state index in [2.05, 4.69) is 36.0 Å². The number of guanidine groups is 1. The molecule has 1 atom stereocenters. The number of benzene rings is 1. The minimum Gasteiger partial charge on any atom is -0.386 e. The van der Waals surface area contributed by atoms with Crippen molar-refractivity contribution in [2.45, 2.75) is 39.7 Å². The van der Waals surface area contributed by atoms with Gasteiger partial charge in [-0.1, -0.05) is 36.8 Å². The number of aliphatic hydroxyl groups is 1. The number of aryl methyl sites for hydroxylation is 1. The van der Waals surface area contributed by atoms with E-state index in [-0.39, 0.29) is 24.0 Å². The Morgan fingerprint density at radius 3 is 2.48 bits per heavy atom. The molecule has 0 aliphatic carbocycles. The molecule has 1 saturated heterocycles. The third-order valence-corrected chi connectivity index (χ3v) is 4.29. The Hall–Kier alpha value is -0.820. The van der Waals surface area contributed by atoms with Gasteiger partial charge in [-0.05, 0) is 38.2 Å². The van der Waals surface area contributed by atoms with Gasteiger partial charge in [0.05, 0.1) is 12.6 Å². The fourth-order valence-corrected chi connectivity index (χ4v) is 2.71. The van der Waals surface area contributed by atoms with Crippen LogP contribution in [0.15, 0.2) is 29.3 Å². The minimum absolute atomic E-state index is 0. The van der Waals surface area contributed by atoms with Crippen molar-refractivity contribution in [3.8, 4) is 0 Å². The molecule has 2 N–H and O–H groups in total. The Morgan fingerprint density at radius 1 is 1.30 bits per heavy atom. The Balaban J connectivity index is 0.00000264. The lowest BCUT2D eigenvalue weighted by Crippen LogP contribution is -2.45. The van der Waals surface area contributed by atoms with Crippen LogP contribution in [0.5, 0.6) is 0 Å². The number of nitrogens with one attached hydrogen (secondary N) is 1. The molecule has 23 heavy (non-hydrogen) atoms. The number of likely N-dealkylation sites (tertiary alicyclic amines) is 1. The van der Waals surface area contributed by atoms with Crippen LogP contribution < -0.4 is 5.32 Å². The van der Waals surface area contributed by atoms with Crippen LogP contribution >= 0.6 is 24.0 Å². The maximum Gasteiger partial charge on any atom is 0.194 e. The van der Waals surface area contributed by atoms with E-state index in [0.717, 1.165) is 37.1 Å². The quantitative estimate of drug-likeness (QED) is 0.437. The van der Waals surface area contributed by atoms with Gasteiger partial charge in [0.1, 0.15) is 0 Å². The topological polar surface area (TPSA) is 47.9 Å². The highest BCUT2D eigenvalue weighted by molar-refractivity contribution is 14.0. The third-order valence-electron chi connectivity index (χ3n) is 4.29. The third kappa shape index (κ3) is 6.30. The van der Waals surface area contributed by atoms with E-state index in [1.807, 2.05) is 24.3 Å². The first-order valence-electron chi connectivity index (χ1n) is 8.38. The summed E-state index contributed by atoms with van der Waals surface area (Å²) in [6.45, 7) is 9.79. The fourth-order valence-electron chi connectivity index (χ4n) is 2.71. The van der Waals surface area contributed by atoms with Gasteiger partial charge in [0.25, 0.3) is 0 Å². The van der Waals surface area contributed by atoms with E-state index in [1.54, 1.807) is 0 Å². The highest BCUT2D eigenvalue weighted by Gasteiger charge is 2.18. The molecule has 0 saturated carbocycles. The standard InChI is InChI=1S/C18H29N3O.HI/c1-4-19-18(21-11-9-15(3)10-12-21)20-13-17(22)16-7-5-14(2)6-8-16;/h5-8,15,17,22H,4,9-13H2,1-3H3,(H,19,20);1H. The van der Waals surface area contributed by atoms with E-state index in [9.17, 15) is 5.11 Å². The lowest BCUT2D eigenvalue weighted by Gasteiger charge is -2.33. The lowest BCUT2D eigenvalue weighted by atomic mass is 9.99. The zero-order valence-corrected chi connectivity index (χ0v) is 16.8. The van der Waals surface area contributed by atoms with Gasteiger partial charge >= 0.3 is 0 Å². The fraction of sp³-hybridized carbons (Fsp3) is 0.611. The van der Waals surface area contributed by atoms with Gasteiger partial charge in [-0.25, -0.2) is 0 Å². The van der Waals surface area contributed by atoms with Crippen molar-refractivity contribution in [2.75, 3.05) is 26.2 Å². The molecule has 0 radical (unpaired) electrons. The molecule has 5 heteroatoms. The molecule has 130 valence electrons. The monoisotopic (exact) mass is 431 g/mol. The van der Waals surface area contributed by atoms with Gasteiger partial charge in [0.2, 0.25) is 0 Å². The first-order valence-corrected chi connectivity index (χ1v) is 8.38. The Bertz CT molecular complexity index is 482. The number of rotatable bonds is 4. The molecule has 0 amide bonds. The predicted octanol–water partition coefficient (Wildman–Crippen LogP) is 3.34. The number of nitrogens with zero attached hydrogens (tertiary/aromatic N) is 2. The van der Waals surface area contributed by atoms with Crippen LogP contribution in [0.3, 0.4) is 0 Å². The minimum atomic E-state index is -0.544. The van der Waals surface area contributed by atoms with E-state index < -0.39 is 6.10 Å². The van der Waals surface area contributed by atoms with Crippen molar-refractivity contribution in [1.29, 1.82) is 0 Å². The number of aliphatic imine (C=N–C) groups is 1. The van der Waals surface area contributed by atoms with Crippen molar-refractivity contribution in [3.63, 3.8) is 0 Å². The van der Waals surface area contributed by atoms with Gasteiger partial charge in [0.15, 0.2) is 5.96 Å². The average molecular weight is 431 g/mol. The van der Waals surface area contributed by atoms with E-state index >= 15 is 0 Å². The summed E-state index contributed by atoms with van der Waals surface area (Å²) in [5, 5.41) is 13.7. The maximum absolute atomic E-state index is 10.3. The van der Waals surface area contributed by atoms with Crippen LogP contribution in [0.4, 0.5) is 0 Å². The maximum atomic E-state index is 10.3. The summed E-state index contributed by atoms with van der Waals surface area (Å²) in [5.74, 6) is 1.73. The molecule has 1 aliphatic rings. The summed E-state index contributed by atoms with van der Waals surface area (Å²) in [7, 11) is 0. The van der Waals surface area contributed by atoms with Crippen LogP contribution in [-0.2, 0) is 0 Å². The van der Waals surface area contributed by atoms with Crippen LogP contribution in [0.1, 0.15) is 43.9 Å². The van der Waals surface area contributed by atoms with E-state index in [4.69, 9.17) is 0 Å². The Labute approximate surface area is 157 Å². The van der Waals surface area contributed by atoms with Crippen molar-refractivity contribution in [1.82, 2.24) is 10.2 Å². The van der Waals surface area contributed by atoms with Gasteiger partial charge in [-0.2, -0.15) is 0 Å². The SMILES string of the molecule is CCNC(=NCC(O)c1ccc(C)cc1)N1CCC(C)CC1.I. The summed E-state index contributed by atoms with van der Waals surface area (Å²) in [6, 6.07) is 8.01. The molecule has 0 bridgehead atoms. The van der Waals surface area contributed by atoms with Gasteiger partial charge in [-0.15, -0.1) is 24.0 Å². The molecule has 1 unspecified atom stereocenters. The zero-order chi connectivity index (χ0) is 15.9. The summed E-state index contributed by atoms with van der Waals surface area (Å²) in [5.41, 5.74) is 2.13. The van der Waals surface area contributed by atoms with Crippen LogP contribution in [-0.4, -0.2) is 42.1 Å². The van der Waals surface area contributed by atoms with Crippen molar-refractivity contribution < 1.29 is 5.11 Å². The second-order valence-corrected chi connectivity index (χ2v) is 6.29. The molecule has 1 aromatic carbocycles. The predicted molar refractivity (Wildman–Crippen MR) is 108 cm³/mol. The summed E-state index contributed by atoms with van der Waals surface area (Å²) in [6.07, 6.45) is 1.88. The highest BCUT2D eigenvalue weighted by atomic mass is 127. The smallest absolute Gasteiger partial charge is 0.194 e. The second kappa shape index (κ2) is 10.1. The molecule has 1 aliphatic heterocycles. The summed E-state index contributed by atoms with van der Waals surface area (Å²) < 4.78 is 0. The zero-order valence-electron chi connectivity index (χ0n) is 14.5. The number of halogens is 1. The average Bonchev–Trinajstić information content (AvgIpc) is 2.53. The molecule has 4 nitrogen and oxygen atoms in total. The van der Waals surface area contributed by atoms with E-state index in [0.29, 0.717) is 6.54 Å². The van der Waals surface area contributed by atoms with Crippen LogP contribution in [0.2, 0.25) is 0 Å². The first kappa shape index (κ1) is 20.2. The molecule has 0 aromatic heterocycles. The molecule has 1 fully saturated rings. The first-order chi connectivity index (χ1) is 10.6. The van der Waals surface area contributed by atoms with Gasteiger partial charge in [-0.3, -0.25) is 4.99 Å². The lowest BCUT2D eigenvalue weighted by molar-refractivity contribution is 0.186. The number of hydrogen-bond acceptors (Lipinski definition) is 2. The second-order valence-electron chi connectivity index (χ2n) is 6.29. The van der Waals surface area contributed by atoms with Gasteiger partial charge in [0, 0.05) is 19.6 Å². The van der Waals surface area contributed by atoms with Crippen LogP contribution in [0, 0.1) is 12.8 Å². The normalized spacial score (nSPS) is 17.6. The largest absolute Gasteiger partial charge is 0.386 e. The van der Waals surface area contributed by atoms with Crippen LogP contribution in [0.25, 0.3) is 0 Å². The summed E-state index contributed by atoms with van der Waals surface area (Å²) in [4.78, 5) is 6.95. The molecule has 0 spiro atoms. The number of piperidine rings is 1. The highest BCUT2D eigenvalue weighted by Crippen LogP contribution is 2.17. The Kier molecular flexibility index (Phi) is 8.91. The molecule has 1 heterocycles. The van der Waals surface area contributed by atoms with Crippen molar-refractivity contribution in [2.24, 2.45) is 10.9 Å². The summed E-state index contributed by atoms with van der Waals surface area (Å²) >= 11 is 0. The molecular weight excluding hydrogens is 401 g/mol. The van der Waals surface area contributed by atoms with Crippen molar-refractivity contribution in [3.05, 3.63) is 35.4 Å². The van der Waals surface area contributed by atoms with E-state index in [1.165, 1.54) is 18.4 Å². The Morgan fingerprint density at radius 2 is 1.91 bits per heavy atom. The molecular formula is C18H30IN3O.